The zero-order chi connectivity index (χ0) is 19.6. The Labute approximate surface area is 164 Å². The smallest absolute Gasteiger partial charge is 0.255 e. The van der Waals surface area contributed by atoms with Gasteiger partial charge in [0.05, 0.1) is 4.90 Å². The number of nitrogens with zero attached hydrogens (tertiary/aromatic N) is 1. The Kier molecular flexibility index (Phi) is 5.23. The standard InChI is InChI=1S/C20H22N2O5S/c23-20(15-7-8-18-19(13-15)27-12-11-26-18)21-16-5-4-6-17(14-16)28(24,25)22-9-2-1-3-10-22/h4-8,13-14H,1-3,9-12H2,(H,21,23). The number of rotatable bonds is 4. The highest BCUT2D eigenvalue weighted by Crippen LogP contribution is 2.31. The molecular formula is C20H22N2O5S. The van der Waals surface area contributed by atoms with Crippen LogP contribution in [-0.2, 0) is 10.0 Å². The fraction of sp³-hybridized carbons (Fsp3) is 0.350. The Balaban J connectivity index is 1.52. The van der Waals surface area contributed by atoms with Crippen molar-refractivity contribution < 1.29 is 22.7 Å². The number of piperidine rings is 1. The molecule has 28 heavy (non-hydrogen) atoms. The first-order chi connectivity index (χ1) is 13.5. The van der Waals surface area contributed by atoms with Gasteiger partial charge in [0.25, 0.3) is 5.91 Å². The number of nitrogens with one attached hydrogen (secondary N) is 1. The van der Waals surface area contributed by atoms with Crippen molar-refractivity contribution in [1.82, 2.24) is 4.31 Å². The van der Waals surface area contributed by atoms with Gasteiger partial charge < -0.3 is 14.8 Å². The molecule has 1 fully saturated rings. The second-order valence-corrected chi connectivity index (χ2v) is 8.74. The third-order valence-corrected chi connectivity index (χ3v) is 6.74. The van der Waals surface area contributed by atoms with E-state index < -0.39 is 10.0 Å². The number of benzene rings is 2. The minimum atomic E-state index is -3.55. The maximum atomic E-state index is 12.8. The van der Waals surface area contributed by atoms with Crippen LogP contribution in [0.5, 0.6) is 11.5 Å². The second kappa shape index (κ2) is 7.81. The molecule has 7 nitrogen and oxygen atoms in total. The van der Waals surface area contributed by atoms with Crippen molar-refractivity contribution in [2.75, 3.05) is 31.6 Å². The highest BCUT2D eigenvalue weighted by Gasteiger charge is 2.26. The van der Waals surface area contributed by atoms with Gasteiger partial charge >= 0.3 is 0 Å². The Hall–Kier alpha value is -2.58. The molecule has 1 amide bonds. The summed E-state index contributed by atoms with van der Waals surface area (Å²) in [4.78, 5) is 12.8. The lowest BCUT2D eigenvalue weighted by Gasteiger charge is -2.26. The monoisotopic (exact) mass is 402 g/mol. The van der Waals surface area contributed by atoms with Gasteiger partial charge in [0, 0.05) is 24.3 Å². The minimum Gasteiger partial charge on any atom is -0.486 e. The highest BCUT2D eigenvalue weighted by atomic mass is 32.2. The third-order valence-electron chi connectivity index (χ3n) is 4.85. The normalized spacial score (nSPS) is 17.1. The highest BCUT2D eigenvalue weighted by molar-refractivity contribution is 7.89. The molecule has 0 aromatic heterocycles. The van der Waals surface area contributed by atoms with Gasteiger partial charge in [-0.15, -0.1) is 0 Å². The summed E-state index contributed by atoms with van der Waals surface area (Å²) in [5, 5.41) is 2.76. The van der Waals surface area contributed by atoms with Crippen LogP contribution in [0.2, 0.25) is 0 Å². The fourth-order valence-electron chi connectivity index (χ4n) is 3.38. The summed E-state index contributed by atoms with van der Waals surface area (Å²) in [7, 11) is -3.55. The van der Waals surface area contributed by atoms with Crippen LogP contribution in [-0.4, -0.2) is 44.9 Å². The van der Waals surface area contributed by atoms with E-state index in [1.807, 2.05) is 0 Å². The number of ether oxygens (including phenoxy) is 2. The van der Waals surface area contributed by atoms with E-state index in [1.54, 1.807) is 36.4 Å². The maximum absolute atomic E-state index is 12.8. The first-order valence-corrected chi connectivity index (χ1v) is 10.8. The fourth-order valence-corrected chi connectivity index (χ4v) is 4.94. The van der Waals surface area contributed by atoms with Crippen LogP contribution >= 0.6 is 0 Å². The molecule has 2 aromatic carbocycles. The molecule has 0 unspecified atom stereocenters. The molecule has 2 aromatic rings. The Bertz CT molecular complexity index is 984. The zero-order valence-electron chi connectivity index (χ0n) is 15.4. The summed E-state index contributed by atoms with van der Waals surface area (Å²) < 4.78 is 38.2. The third kappa shape index (κ3) is 3.83. The van der Waals surface area contributed by atoms with E-state index in [0.717, 1.165) is 19.3 Å². The molecule has 0 atom stereocenters. The summed E-state index contributed by atoms with van der Waals surface area (Å²) in [6, 6.07) is 11.3. The molecule has 0 aliphatic carbocycles. The first kappa shape index (κ1) is 18.8. The summed E-state index contributed by atoms with van der Waals surface area (Å²) >= 11 is 0. The van der Waals surface area contributed by atoms with E-state index in [4.69, 9.17) is 9.47 Å². The van der Waals surface area contributed by atoms with Crippen molar-refractivity contribution in [2.45, 2.75) is 24.2 Å². The van der Waals surface area contributed by atoms with Crippen molar-refractivity contribution in [2.24, 2.45) is 0 Å². The Morgan fingerprint density at radius 3 is 2.46 bits per heavy atom. The topological polar surface area (TPSA) is 84.9 Å². The van der Waals surface area contributed by atoms with Gasteiger partial charge in [0.2, 0.25) is 10.0 Å². The van der Waals surface area contributed by atoms with Crippen molar-refractivity contribution in [1.29, 1.82) is 0 Å². The predicted octanol–water partition coefficient (Wildman–Crippen LogP) is 2.88. The number of anilines is 1. The molecule has 148 valence electrons. The molecule has 1 saturated heterocycles. The average molecular weight is 402 g/mol. The maximum Gasteiger partial charge on any atom is 0.255 e. The van der Waals surface area contributed by atoms with E-state index in [1.165, 1.54) is 10.4 Å². The number of carbonyl (C=O) groups excluding carboxylic acids is 1. The second-order valence-electron chi connectivity index (χ2n) is 6.81. The van der Waals surface area contributed by atoms with Crippen LogP contribution in [0.25, 0.3) is 0 Å². The molecule has 0 saturated carbocycles. The number of carbonyl (C=O) groups is 1. The van der Waals surface area contributed by atoms with Crippen molar-refractivity contribution in [3.63, 3.8) is 0 Å². The lowest BCUT2D eigenvalue weighted by Crippen LogP contribution is -2.35. The van der Waals surface area contributed by atoms with Crippen LogP contribution in [0.4, 0.5) is 5.69 Å². The van der Waals surface area contributed by atoms with Gasteiger partial charge in [-0.1, -0.05) is 12.5 Å². The SMILES string of the molecule is O=C(Nc1cccc(S(=O)(=O)N2CCCCC2)c1)c1ccc2c(c1)OCCO2. The molecule has 0 radical (unpaired) electrons. The van der Waals surface area contributed by atoms with Gasteiger partial charge in [-0.2, -0.15) is 4.31 Å². The molecule has 8 heteroatoms. The molecule has 2 aliphatic heterocycles. The van der Waals surface area contributed by atoms with Crippen LogP contribution in [0.15, 0.2) is 47.4 Å². The minimum absolute atomic E-state index is 0.189. The van der Waals surface area contributed by atoms with Crippen molar-refractivity contribution in [3.8, 4) is 11.5 Å². The first-order valence-electron chi connectivity index (χ1n) is 9.35. The van der Waals surface area contributed by atoms with Gasteiger partial charge in [-0.05, 0) is 49.2 Å². The summed E-state index contributed by atoms with van der Waals surface area (Å²) in [5.74, 6) is 0.794. The molecular weight excluding hydrogens is 380 g/mol. The lowest BCUT2D eigenvalue weighted by atomic mass is 10.1. The predicted molar refractivity (Wildman–Crippen MR) is 104 cm³/mol. The van der Waals surface area contributed by atoms with Crippen LogP contribution in [0, 0.1) is 0 Å². The van der Waals surface area contributed by atoms with Gasteiger partial charge in [0.15, 0.2) is 11.5 Å². The number of hydrogen-bond acceptors (Lipinski definition) is 5. The number of hydrogen-bond donors (Lipinski definition) is 1. The summed E-state index contributed by atoms with van der Waals surface area (Å²) in [6.07, 6.45) is 2.80. The van der Waals surface area contributed by atoms with E-state index >= 15 is 0 Å². The summed E-state index contributed by atoms with van der Waals surface area (Å²) in [5.41, 5.74) is 0.839. The number of fused-ring (bicyclic) bond motifs is 1. The van der Waals surface area contributed by atoms with Crippen LogP contribution in [0.3, 0.4) is 0 Å². The van der Waals surface area contributed by atoms with Gasteiger partial charge in [-0.3, -0.25) is 4.79 Å². The van der Waals surface area contributed by atoms with Crippen LogP contribution < -0.4 is 14.8 Å². The van der Waals surface area contributed by atoms with Gasteiger partial charge in [0.1, 0.15) is 13.2 Å². The Morgan fingerprint density at radius 2 is 1.68 bits per heavy atom. The number of amides is 1. The molecule has 0 spiro atoms. The quantitative estimate of drug-likeness (QED) is 0.850. The van der Waals surface area contributed by atoms with Gasteiger partial charge in [-0.25, -0.2) is 8.42 Å². The molecule has 1 N–H and O–H groups in total. The molecule has 2 heterocycles. The van der Waals surface area contributed by atoms with E-state index in [2.05, 4.69) is 5.32 Å². The molecule has 2 aliphatic rings. The van der Waals surface area contributed by atoms with Crippen molar-refractivity contribution >= 4 is 21.6 Å². The van der Waals surface area contributed by atoms with E-state index in [9.17, 15) is 13.2 Å². The summed E-state index contributed by atoms with van der Waals surface area (Å²) in [6.45, 7) is 2.00. The van der Waals surface area contributed by atoms with E-state index in [0.29, 0.717) is 49.1 Å². The number of sulfonamides is 1. The zero-order valence-corrected chi connectivity index (χ0v) is 16.2. The van der Waals surface area contributed by atoms with Crippen molar-refractivity contribution in [3.05, 3.63) is 48.0 Å². The lowest BCUT2D eigenvalue weighted by molar-refractivity contribution is 0.102. The van der Waals surface area contributed by atoms with Crippen LogP contribution in [0.1, 0.15) is 29.6 Å². The molecule has 4 rings (SSSR count). The average Bonchev–Trinajstić information content (AvgIpc) is 2.74. The Morgan fingerprint density at radius 1 is 0.929 bits per heavy atom. The largest absolute Gasteiger partial charge is 0.486 e. The molecule has 0 bridgehead atoms. The van der Waals surface area contributed by atoms with E-state index in [-0.39, 0.29) is 10.8 Å².